The van der Waals surface area contributed by atoms with Crippen molar-refractivity contribution in [3.8, 4) is 0 Å². The number of carboxylic acids is 1. The van der Waals surface area contributed by atoms with Crippen LogP contribution < -0.4 is 0 Å². The van der Waals surface area contributed by atoms with Gasteiger partial charge < -0.3 is 5.11 Å². The molecule has 1 aromatic rings. The van der Waals surface area contributed by atoms with E-state index >= 15 is 0 Å². The Hall–Kier alpha value is -1.43. The molecule has 0 radical (unpaired) electrons. The van der Waals surface area contributed by atoms with Crippen molar-refractivity contribution < 1.29 is 14.8 Å². The summed E-state index contributed by atoms with van der Waals surface area (Å²) in [4.78, 5) is 20.6. The first-order chi connectivity index (χ1) is 6.43. The van der Waals surface area contributed by atoms with Gasteiger partial charge in [0, 0.05) is 6.07 Å². The quantitative estimate of drug-likeness (QED) is 0.653. The zero-order valence-corrected chi connectivity index (χ0v) is 8.74. The first-order valence-electron chi connectivity index (χ1n) is 3.61. The van der Waals surface area contributed by atoms with E-state index in [4.69, 9.17) is 5.11 Å². The van der Waals surface area contributed by atoms with Gasteiger partial charge in [0.05, 0.1) is 10.5 Å². The van der Waals surface area contributed by atoms with E-state index in [-0.39, 0.29) is 15.7 Å². The van der Waals surface area contributed by atoms with Gasteiger partial charge in [0.1, 0.15) is 4.47 Å². The van der Waals surface area contributed by atoms with E-state index in [1.54, 1.807) is 6.92 Å². The molecule has 74 valence electrons. The van der Waals surface area contributed by atoms with E-state index in [0.717, 1.165) is 0 Å². The number of rotatable bonds is 2. The number of carboxylic acid groups (broad SMARTS) is 1. The summed E-state index contributed by atoms with van der Waals surface area (Å²) >= 11 is 2.89. The molecule has 1 N–H and O–H groups in total. The molecular formula is C8H6BrNO4. The van der Waals surface area contributed by atoms with Crippen molar-refractivity contribution in [3.05, 3.63) is 37.8 Å². The van der Waals surface area contributed by atoms with Crippen molar-refractivity contribution >= 4 is 27.6 Å². The Bertz CT molecular complexity index is 381. The van der Waals surface area contributed by atoms with E-state index in [1.807, 2.05) is 0 Å². The Morgan fingerprint density at radius 2 is 2.14 bits per heavy atom. The van der Waals surface area contributed by atoms with Gasteiger partial charge in [-0.1, -0.05) is 0 Å². The maximum Gasteiger partial charge on any atom is 0.337 e. The van der Waals surface area contributed by atoms with Gasteiger partial charge in [0.25, 0.3) is 5.69 Å². The predicted octanol–water partition coefficient (Wildman–Crippen LogP) is 2.36. The van der Waals surface area contributed by atoms with Crippen LogP contribution in [0.2, 0.25) is 0 Å². The average Bonchev–Trinajstić information content (AvgIpc) is 2.07. The van der Waals surface area contributed by atoms with Crippen LogP contribution >= 0.6 is 15.9 Å². The number of halogens is 1. The standard InChI is InChI=1S/C8H6BrNO4/c1-4-2-5(8(11)12)7(9)6(3-4)10(13)14/h2-3H,1H3,(H,11,12). The minimum absolute atomic E-state index is 0.000556. The topological polar surface area (TPSA) is 80.4 Å². The molecule has 0 aliphatic carbocycles. The predicted molar refractivity (Wildman–Crippen MR) is 52.5 cm³/mol. The number of hydrogen-bond acceptors (Lipinski definition) is 3. The van der Waals surface area contributed by atoms with Crippen molar-refractivity contribution in [1.29, 1.82) is 0 Å². The van der Waals surface area contributed by atoms with Gasteiger partial charge in [0.15, 0.2) is 0 Å². The van der Waals surface area contributed by atoms with E-state index in [1.165, 1.54) is 12.1 Å². The molecule has 0 atom stereocenters. The summed E-state index contributed by atoms with van der Waals surface area (Å²) < 4.78 is 0.000556. The summed E-state index contributed by atoms with van der Waals surface area (Å²) in [5.41, 5.74) is 0.205. The van der Waals surface area contributed by atoms with Gasteiger partial charge in [-0.15, -0.1) is 0 Å². The first kappa shape index (κ1) is 10.6. The number of nitro groups is 1. The Labute approximate surface area is 87.6 Å². The lowest BCUT2D eigenvalue weighted by Crippen LogP contribution is -2.01. The first-order valence-corrected chi connectivity index (χ1v) is 4.40. The number of hydrogen-bond donors (Lipinski definition) is 1. The number of aromatic carboxylic acids is 1. The number of aryl methyl sites for hydroxylation is 1. The Morgan fingerprint density at radius 3 is 2.57 bits per heavy atom. The van der Waals surface area contributed by atoms with Crippen LogP contribution in [0.4, 0.5) is 5.69 Å². The molecule has 0 heterocycles. The summed E-state index contributed by atoms with van der Waals surface area (Å²) in [5, 5.41) is 19.3. The zero-order chi connectivity index (χ0) is 10.9. The molecule has 1 aromatic carbocycles. The molecule has 1 rings (SSSR count). The normalized spacial score (nSPS) is 9.86. The van der Waals surface area contributed by atoms with Crippen LogP contribution in [0, 0.1) is 17.0 Å². The van der Waals surface area contributed by atoms with Crippen LogP contribution in [0.5, 0.6) is 0 Å². The van der Waals surface area contributed by atoms with Gasteiger partial charge in [-0.25, -0.2) is 4.79 Å². The highest BCUT2D eigenvalue weighted by Crippen LogP contribution is 2.29. The molecule has 0 spiro atoms. The highest BCUT2D eigenvalue weighted by atomic mass is 79.9. The minimum Gasteiger partial charge on any atom is -0.478 e. The van der Waals surface area contributed by atoms with Crippen molar-refractivity contribution in [2.24, 2.45) is 0 Å². The fourth-order valence-corrected chi connectivity index (χ4v) is 1.58. The van der Waals surface area contributed by atoms with Gasteiger partial charge in [-0.05, 0) is 34.5 Å². The molecule has 0 fully saturated rings. The molecule has 0 amide bonds. The lowest BCUT2D eigenvalue weighted by Gasteiger charge is -2.01. The molecule has 0 saturated carbocycles. The lowest BCUT2D eigenvalue weighted by atomic mass is 10.1. The minimum atomic E-state index is -1.19. The summed E-state index contributed by atoms with van der Waals surface area (Å²) in [6, 6.07) is 2.69. The molecule has 14 heavy (non-hydrogen) atoms. The molecule has 0 aliphatic rings. The van der Waals surface area contributed by atoms with Crippen molar-refractivity contribution in [3.63, 3.8) is 0 Å². The molecule has 0 aliphatic heterocycles. The van der Waals surface area contributed by atoms with E-state index in [2.05, 4.69) is 15.9 Å². The molecular weight excluding hydrogens is 254 g/mol. The van der Waals surface area contributed by atoms with E-state index < -0.39 is 10.9 Å². The third-order valence-corrected chi connectivity index (χ3v) is 2.46. The number of nitro benzene ring substituents is 1. The summed E-state index contributed by atoms with van der Waals surface area (Å²) in [5.74, 6) is -1.19. The SMILES string of the molecule is Cc1cc(C(=O)O)c(Br)c([N+](=O)[O-])c1. The molecule has 0 unspecified atom stereocenters. The monoisotopic (exact) mass is 259 g/mol. The maximum absolute atomic E-state index is 10.7. The van der Waals surface area contributed by atoms with Crippen LogP contribution in [0.25, 0.3) is 0 Å². The van der Waals surface area contributed by atoms with Crippen LogP contribution in [0.3, 0.4) is 0 Å². The van der Waals surface area contributed by atoms with Gasteiger partial charge in [0.2, 0.25) is 0 Å². The second kappa shape index (κ2) is 3.75. The van der Waals surface area contributed by atoms with Crippen LogP contribution in [-0.2, 0) is 0 Å². The van der Waals surface area contributed by atoms with Gasteiger partial charge in [-0.3, -0.25) is 10.1 Å². The zero-order valence-electron chi connectivity index (χ0n) is 7.15. The molecule has 6 heteroatoms. The summed E-state index contributed by atoms with van der Waals surface area (Å²) in [6.45, 7) is 1.60. The highest BCUT2D eigenvalue weighted by molar-refractivity contribution is 9.10. The smallest absolute Gasteiger partial charge is 0.337 e. The van der Waals surface area contributed by atoms with E-state index in [0.29, 0.717) is 5.56 Å². The van der Waals surface area contributed by atoms with Gasteiger partial charge >= 0.3 is 5.97 Å². The molecule has 0 bridgehead atoms. The average molecular weight is 260 g/mol. The fraction of sp³-hybridized carbons (Fsp3) is 0.125. The van der Waals surface area contributed by atoms with Crippen molar-refractivity contribution in [1.82, 2.24) is 0 Å². The summed E-state index contributed by atoms with van der Waals surface area (Å²) in [7, 11) is 0. The number of nitrogens with zero attached hydrogens (tertiary/aromatic N) is 1. The van der Waals surface area contributed by atoms with Crippen LogP contribution in [0.1, 0.15) is 15.9 Å². The third-order valence-electron chi connectivity index (χ3n) is 1.62. The molecule has 0 saturated heterocycles. The van der Waals surface area contributed by atoms with Crippen LogP contribution in [0.15, 0.2) is 16.6 Å². The number of carbonyl (C=O) groups is 1. The van der Waals surface area contributed by atoms with Crippen LogP contribution in [-0.4, -0.2) is 16.0 Å². The Morgan fingerprint density at radius 1 is 1.57 bits per heavy atom. The fourth-order valence-electron chi connectivity index (χ4n) is 1.04. The van der Waals surface area contributed by atoms with Crippen molar-refractivity contribution in [2.75, 3.05) is 0 Å². The number of benzene rings is 1. The second-order valence-corrected chi connectivity index (χ2v) is 3.50. The van der Waals surface area contributed by atoms with Crippen molar-refractivity contribution in [2.45, 2.75) is 6.92 Å². The lowest BCUT2D eigenvalue weighted by molar-refractivity contribution is -0.385. The Kier molecular flexibility index (Phi) is 2.85. The highest BCUT2D eigenvalue weighted by Gasteiger charge is 2.20. The molecule has 5 nitrogen and oxygen atoms in total. The third kappa shape index (κ3) is 1.90. The summed E-state index contributed by atoms with van der Waals surface area (Å²) in [6.07, 6.45) is 0. The largest absolute Gasteiger partial charge is 0.478 e. The van der Waals surface area contributed by atoms with Gasteiger partial charge in [-0.2, -0.15) is 0 Å². The Balaban J connectivity index is 3.47. The molecule has 0 aromatic heterocycles. The maximum atomic E-state index is 10.7. The van der Waals surface area contributed by atoms with E-state index in [9.17, 15) is 14.9 Å². The second-order valence-electron chi connectivity index (χ2n) is 2.71.